The summed E-state index contributed by atoms with van der Waals surface area (Å²) < 4.78 is 13.6. The van der Waals surface area contributed by atoms with E-state index < -0.39 is 29.4 Å². The van der Waals surface area contributed by atoms with Gasteiger partial charge in [0, 0.05) is 10.7 Å². The molecule has 8 nitrogen and oxygen atoms in total. The van der Waals surface area contributed by atoms with Crippen LogP contribution >= 0.6 is 34.9 Å². The summed E-state index contributed by atoms with van der Waals surface area (Å²) >= 11 is 4.39. The van der Waals surface area contributed by atoms with Crippen molar-refractivity contribution in [1.82, 2.24) is 15.2 Å². The Kier molecular flexibility index (Phi) is 8.78. The van der Waals surface area contributed by atoms with Crippen LogP contribution in [0.25, 0.3) is 10.2 Å². The summed E-state index contributed by atoms with van der Waals surface area (Å²) in [6, 6.07) is 35.1. The fraction of sp³-hybridized carbons (Fsp3) is 0.143. The zero-order valence-corrected chi connectivity index (χ0v) is 26.7. The molecule has 1 N–H and O–H groups in total. The number of nitrogens with one attached hydrogen (secondary N) is 1. The number of ether oxygens (including phenoxy) is 2. The van der Waals surface area contributed by atoms with E-state index in [-0.39, 0.29) is 18.2 Å². The molecule has 0 spiro atoms. The number of hydrogen-bond acceptors (Lipinski definition) is 9. The number of esters is 1. The molecule has 2 aliphatic heterocycles. The average Bonchev–Trinajstić information content (AvgIpc) is 3.52. The molecule has 46 heavy (non-hydrogen) atoms. The third-order valence-corrected chi connectivity index (χ3v) is 11.1. The molecule has 2 aliphatic rings. The third kappa shape index (κ3) is 6.26. The summed E-state index contributed by atoms with van der Waals surface area (Å²) in [5, 5.41) is 2.33. The van der Waals surface area contributed by atoms with Crippen LogP contribution < -0.4 is 10.1 Å². The zero-order valence-electron chi connectivity index (χ0n) is 24.3. The van der Waals surface area contributed by atoms with Crippen LogP contribution in [0.15, 0.2) is 130 Å². The number of fused-ring (bicyclic) bond motifs is 2. The van der Waals surface area contributed by atoms with E-state index in [0.717, 1.165) is 25.7 Å². The predicted octanol–water partition coefficient (Wildman–Crippen LogP) is 6.41. The molecule has 2 amide bonds. The zero-order chi connectivity index (χ0) is 31.5. The number of carbonyl (C=O) groups excluding carboxylic acids is 3. The van der Waals surface area contributed by atoms with Crippen molar-refractivity contribution in [2.24, 2.45) is 0 Å². The van der Waals surface area contributed by atoms with Crippen LogP contribution in [0.3, 0.4) is 0 Å². The molecule has 0 bridgehead atoms. The first-order chi connectivity index (χ1) is 22.5. The Balaban J connectivity index is 1.17. The van der Waals surface area contributed by atoms with Crippen molar-refractivity contribution >= 4 is 62.9 Å². The number of amides is 2. The van der Waals surface area contributed by atoms with Gasteiger partial charge in [0.15, 0.2) is 17.1 Å². The monoisotopic (exact) mass is 665 g/mol. The topological polar surface area (TPSA) is 97.8 Å². The van der Waals surface area contributed by atoms with Crippen LogP contribution in [0.4, 0.5) is 0 Å². The number of aromatic nitrogens is 1. The predicted molar refractivity (Wildman–Crippen MR) is 180 cm³/mol. The highest BCUT2D eigenvalue weighted by Crippen LogP contribution is 2.47. The van der Waals surface area contributed by atoms with Crippen molar-refractivity contribution in [3.05, 3.63) is 137 Å². The van der Waals surface area contributed by atoms with Gasteiger partial charge < -0.3 is 14.8 Å². The van der Waals surface area contributed by atoms with E-state index >= 15 is 0 Å². The Hall–Kier alpha value is -4.58. The summed E-state index contributed by atoms with van der Waals surface area (Å²) in [5.74, 6) is -0.415. The minimum Gasteiger partial charge on any atom is -0.484 e. The number of thioether (sulfide) groups is 2. The number of carbonyl (C=O) groups is 3. The van der Waals surface area contributed by atoms with Gasteiger partial charge in [-0.2, -0.15) is 0 Å². The van der Waals surface area contributed by atoms with Crippen LogP contribution in [0.1, 0.15) is 17.2 Å². The molecule has 0 saturated carbocycles. The molecule has 5 aromatic rings. The van der Waals surface area contributed by atoms with Gasteiger partial charge in [-0.15, -0.1) is 23.1 Å². The van der Waals surface area contributed by atoms with E-state index in [1.165, 1.54) is 39.8 Å². The van der Waals surface area contributed by atoms with E-state index in [1.54, 1.807) is 12.1 Å². The molecule has 3 heterocycles. The number of hydrogen-bond donors (Lipinski definition) is 1. The smallest absolute Gasteiger partial charge is 0.356 e. The highest BCUT2D eigenvalue weighted by Gasteiger charge is 2.55. The second-order valence-corrected chi connectivity index (χ2v) is 14.0. The van der Waals surface area contributed by atoms with Crippen molar-refractivity contribution < 1.29 is 23.9 Å². The van der Waals surface area contributed by atoms with E-state index in [2.05, 4.69) is 5.32 Å². The molecule has 1 aromatic heterocycles. The number of β-lactam (4-membered cyclic amide) rings is 1. The van der Waals surface area contributed by atoms with Gasteiger partial charge in [-0.05, 0) is 35.4 Å². The van der Waals surface area contributed by atoms with Crippen LogP contribution in [0.2, 0.25) is 0 Å². The molecule has 0 aliphatic carbocycles. The minimum absolute atomic E-state index is 0.181. The summed E-state index contributed by atoms with van der Waals surface area (Å²) in [6.07, 6.45) is -0.689. The van der Waals surface area contributed by atoms with Gasteiger partial charge in [0.05, 0.1) is 10.2 Å². The Morgan fingerprint density at radius 2 is 1.52 bits per heavy atom. The van der Waals surface area contributed by atoms with Crippen LogP contribution in [0, 0.1) is 0 Å². The van der Waals surface area contributed by atoms with E-state index in [0.29, 0.717) is 16.4 Å². The SMILES string of the molecule is O=C(COc1ccccc1)NC1C(=O)N2C(C(=O)OC(c3ccccc3)c3ccccc3)=C(Sc3nc4ccccc4s3)CS[C@H]12. The van der Waals surface area contributed by atoms with Crippen LogP contribution in [-0.2, 0) is 19.1 Å². The van der Waals surface area contributed by atoms with Crippen molar-refractivity contribution in [1.29, 1.82) is 0 Å². The van der Waals surface area contributed by atoms with E-state index in [9.17, 15) is 14.4 Å². The normalized spacial score (nSPS) is 17.4. The standard InChI is InChI=1S/C35H27N3O5S3/c39-28(20-42-24-16-8-3-9-17-24)37-29-32(40)38-30(27(21-44-33(29)38)46-35-36-25-18-10-11-19-26(25)45-35)34(41)43-31(22-12-4-1-5-13-22)23-14-6-2-7-15-23/h1-19,29,31,33H,20-21H2,(H,37,39)/t29?,33-/m1/s1. The number of benzene rings is 4. The Morgan fingerprint density at radius 1 is 0.891 bits per heavy atom. The second-order valence-electron chi connectivity index (χ2n) is 10.5. The fourth-order valence-electron chi connectivity index (χ4n) is 5.29. The largest absolute Gasteiger partial charge is 0.484 e. The number of nitrogens with zero attached hydrogens (tertiary/aromatic N) is 2. The van der Waals surface area contributed by atoms with Crippen molar-refractivity contribution in [3.63, 3.8) is 0 Å². The van der Waals surface area contributed by atoms with Gasteiger partial charge >= 0.3 is 5.97 Å². The Labute approximate surface area is 277 Å². The first kappa shape index (κ1) is 30.1. The summed E-state index contributed by atoms with van der Waals surface area (Å²) in [6.45, 7) is -0.232. The first-order valence-corrected chi connectivity index (χ1v) is 17.2. The molecule has 1 unspecified atom stereocenters. The number of thiazole rings is 1. The quantitative estimate of drug-likeness (QED) is 0.135. The molecular weight excluding hydrogens is 639 g/mol. The Morgan fingerprint density at radius 3 is 2.20 bits per heavy atom. The highest BCUT2D eigenvalue weighted by molar-refractivity contribution is 8.07. The summed E-state index contributed by atoms with van der Waals surface area (Å²) in [7, 11) is 0. The fourth-order valence-corrected chi connectivity index (χ4v) is 8.99. The molecule has 0 radical (unpaired) electrons. The van der Waals surface area contributed by atoms with Crippen molar-refractivity contribution in [2.75, 3.05) is 12.4 Å². The maximum atomic E-state index is 14.2. The molecule has 2 atom stereocenters. The van der Waals surface area contributed by atoms with Gasteiger partial charge in [-0.3, -0.25) is 14.5 Å². The summed E-state index contributed by atoms with van der Waals surface area (Å²) in [5.41, 5.74) is 2.67. The number of para-hydroxylation sites is 2. The van der Waals surface area contributed by atoms with Crippen LogP contribution in [0.5, 0.6) is 5.75 Å². The van der Waals surface area contributed by atoms with Gasteiger partial charge in [0.25, 0.3) is 11.8 Å². The lowest BCUT2D eigenvalue weighted by Crippen LogP contribution is -2.70. The molecule has 1 saturated heterocycles. The van der Waals surface area contributed by atoms with Crippen LogP contribution in [-0.4, -0.2) is 51.4 Å². The van der Waals surface area contributed by atoms with E-state index in [1.807, 2.05) is 103 Å². The molecule has 1 fully saturated rings. The van der Waals surface area contributed by atoms with Gasteiger partial charge in [-0.25, -0.2) is 9.78 Å². The Bertz CT molecular complexity index is 1840. The van der Waals surface area contributed by atoms with Crippen molar-refractivity contribution in [3.8, 4) is 5.75 Å². The third-order valence-electron chi connectivity index (χ3n) is 7.47. The summed E-state index contributed by atoms with van der Waals surface area (Å²) in [4.78, 5) is 47.6. The molecule has 7 rings (SSSR count). The van der Waals surface area contributed by atoms with Gasteiger partial charge in [0.1, 0.15) is 22.9 Å². The maximum absolute atomic E-state index is 14.2. The second kappa shape index (κ2) is 13.4. The lowest BCUT2D eigenvalue weighted by atomic mass is 10.0. The molecule has 230 valence electrons. The highest BCUT2D eigenvalue weighted by atomic mass is 32.2. The van der Waals surface area contributed by atoms with Gasteiger partial charge in [-0.1, -0.05) is 103 Å². The van der Waals surface area contributed by atoms with Crippen molar-refractivity contribution in [2.45, 2.75) is 21.9 Å². The first-order valence-electron chi connectivity index (χ1n) is 14.5. The van der Waals surface area contributed by atoms with Gasteiger partial charge in [0.2, 0.25) is 0 Å². The lowest BCUT2D eigenvalue weighted by Gasteiger charge is -2.49. The lowest BCUT2D eigenvalue weighted by molar-refractivity contribution is -0.154. The van der Waals surface area contributed by atoms with E-state index in [4.69, 9.17) is 14.5 Å². The minimum atomic E-state index is -0.798. The average molecular weight is 666 g/mol. The molecule has 11 heteroatoms. The molecule has 4 aromatic carbocycles. The maximum Gasteiger partial charge on any atom is 0.356 e. The number of rotatable bonds is 10. The molecular formula is C35H27N3O5S3.